The van der Waals surface area contributed by atoms with Gasteiger partial charge in [0.2, 0.25) is 11.8 Å². The topological polar surface area (TPSA) is 362 Å². The summed E-state index contributed by atoms with van der Waals surface area (Å²) >= 11 is 0. The van der Waals surface area contributed by atoms with Crippen LogP contribution in [0.25, 0.3) is 0 Å². The highest BCUT2D eigenvalue weighted by Crippen LogP contribution is 2.36. The number of amidine groups is 2. The maximum absolute atomic E-state index is 13.5. The molecule has 1 aliphatic carbocycles. The number of carbonyl (C=O) groups is 8. The minimum atomic E-state index is -0.665. The highest BCUT2D eigenvalue weighted by atomic mass is 16.2. The van der Waals surface area contributed by atoms with Crippen molar-refractivity contribution in [3.63, 3.8) is 0 Å². The summed E-state index contributed by atoms with van der Waals surface area (Å²) in [6.45, 7) is 0.376. The number of aromatic nitrogens is 6. The van der Waals surface area contributed by atoms with Crippen molar-refractivity contribution in [3.8, 4) is 0 Å². The fourth-order valence-electron chi connectivity index (χ4n) is 8.33. The maximum Gasteiger partial charge on any atom is 0.272 e. The highest BCUT2D eigenvalue weighted by Gasteiger charge is 2.41. The van der Waals surface area contributed by atoms with Crippen molar-refractivity contribution in [1.82, 2.24) is 38.0 Å². The number of anilines is 6. The Hall–Kier alpha value is -9.62. The van der Waals surface area contributed by atoms with E-state index in [1.807, 2.05) is 0 Å². The molecule has 26 heteroatoms. The minimum Gasteiger partial charge on any atom is -0.388 e. The Kier molecular flexibility index (Phi) is 15.4. The lowest BCUT2D eigenvalue weighted by Crippen LogP contribution is -2.43. The molecule has 8 amide bonds. The van der Waals surface area contributed by atoms with Gasteiger partial charge >= 0.3 is 0 Å². The molecule has 0 saturated heterocycles. The Morgan fingerprint density at radius 3 is 0.838 bits per heavy atom. The zero-order valence-electron chi connectivity index (χ0n) is 41.4. The second kappa shape index (κ2) is 21.8. The summed E-state index contributed by atoms with van der Waals surface area (Å²) in [6.07, 6.45) is 10.7. The van der Waals surface area contributed by atoms with Gasteiger partial charge in [-0.3, -0.25) is 49.2 Å². The van der Waals surface area contributed by atoms with Crippen molar-refractivity contribution in [3.05, 3.63) is 108 Å². The van der Waals surface area contributed by atoms with Gasteiger partial charge in [0, 0.05) is 117 Å². The molecule has 0 radical (unpaired) electrons. The van der Waals surface area contributed by atoms with Crippen molar-refractivity contribution in [2.45, 2.75) is 25.7 Å². The molecule has 7 rings (SSSR count). The average molecular weight is 1020 g/mol. The standard InChI is InChI=1S/C48H58N18O8/c1-61-21-27(13-33(61)43(69)53-11-9-39(49)50)57-47(73)37-17-29(23-65(37)5)59-45(71)35-15-25(19-63(35)3)55-41(67)31-7-8-32(31)42(68)56-26-16-36(64(4)20-26)46(72)60-30-18-38(66(6)24-30)48(74)58-28-14-34(62(2)22-28)44(70)54-12-10-40(51)52/h13-24,31-32H,7-12H2,1-6H3,(H3,49,50)(H3,51,52)(H,53,69)(H,54,70)(H,55,67)(H,56,68)(H,57,73)(H,58,74)(H,59,71)(H,60,72)/t31-,32-/m1/s1. The monoisotopic (exact) mass is 1010 g/mol. The van der Waals surface area contributed by atoms with Gasteiger partial charge in [-0.05, 0) is 49.2 Å². The molecule has 0 aromatic carbocycles. The Bertz CT molecular complexity index is 3040. The molecule has 1 aliphatic rings. The molecule has 1 saturated carbocycles. The molecule has 0 aliphatic heterocycles. The molecule has 6 aromatic heterocycles. The first-order chi connectivity index (χ1) is 35.0. The third-order valence-electron chi connectivity index (χ3n) is 12.3. The van der Waals surface area contributed by atoms with Crippen LogP contribution < -0.4 is 54.0 Å². The summed E-state index contributed by atoms with van der Waals surface area (Å²) < 4.78 is 9.21. The number of hydrogen-bond donors (Lipinski definition) is 12. The number of nitrogens with two attached hydrogens (primary N) is 2. The molecule has 1 fully saturated rings. The van der Waals surface area contributed by atoms with E-state index in [4.69, 9.17) is 22.3 Å². The first-order valence-electron chi connectivity index (χ1n) is 23.1. The second-order valence-corrected chi connectivity index (χ2v) is 18.0. The number of rotatable bonds is 20. The molecule has 2 atom stereocenters. The predicted octanol–water partition coefficient (Wildman–Crippen LogP) is 2.44. The molecule has 0 spiro atoms. The molecule has 388 valence electrons. The SMILES string of the molecule is Cn1cc(NC(=O)c2cc(NC(=O)c3cc(NC(=O)[C@@H]4CC[C@H]4C(=O)Nc4cc(C(=O)Nc5cc(C(=O)Nc6cc(C(=O)NCCC(=N)N)n(C)c6)n(C)c5)n(C)c4)cn3C)cn2C)cc1C(=O)NCCC(=N)N. The highest BCUT2D eigenvalue weighted by molar-refractivity contribution is 6.10. The smallest absolute Gasteiger partial charge is 0.272 e. The number of aryl methyl sites for hydroxylation is 6. The van der Waals surface area contributed by atoms with Crippen molar-refractivity contribution >= 4 is 93.1 Å². The summed E-state index contributed by atoms with van der Waals surface area (Å²) in [5.41, 5.74) is 14.1. The van der Waals surface area contributed by atoms with Gasteiger partial charge in [0.15, 0.2) is 0 Å². The largest absolute Gasteiger partial charge is 0.388 e. The van der Waals surface area contributed by atoms with Gasteiger partial charge in [0.25, 0.3) is 35.4 Å². The van der Waals surface area contributed by atoms with Gasteiger partial charge in [-0.1, -0.05) is 0 Å². The molecule has 6 heterocycles. The van der Waals surface area contributed by atoms with Crippen LogP contribution in [0.3, 0.4) is 0 Å². The van der Waals surface area contributed by atoms with Crippen molar-refractivity contribution in [2.75, 3.05) is 45.0 Å². The average Bonchev–Trinajstić information content (AvgIpc) is 4.16. The van der Waals surface area contributed by atoms with E-state index in [1.54, 1.807) is 88.6 Å². The van der Waals surface area contributed by atoms with E-state index in [9.17, 15) is 38.4 Å². The zero-order valence-corrected chi connectivity index (χ0v) is 41.4. The lowest BCUT2D eigenvalue weighted by molar-refractivity contribution is -0.134. The molecule has 6 aromatic rings. The van der Waals surface area contributed by atoms with E-state index in [0.717, 1.165) is 0 Å². The molecule has 0 unspecified atom stereocenters. The van der Waals surface area contributed by atoms with Gasteiger partial charge in [0.05, 0.1) is 45.8 Å². The number of carbonyl (C=O) groups excluding carboxylic acids is 8. The number of amides is 8. The summed E-state index contributed by atoms with van der Waals surface area (Å²) in [7, 11) is 9.83. The molecular formula is C48H58N18O8. The molecule has 14 N–H and O–H groups in total. The van der Waals surface area contributed by atoms with Crippen molar-refractivity contribution < 1.29 is 38.4 Å². The van der Waals surface area contributed by atoms with Crippen LogP contribution in [0.5, 0.6) is 0 Å². The fraction of sp³-hybridized carbons (Fsp3) is 0.292. The summed E-state index contributed by atoms with van der Waals surface area (Å²) in [5, 5.41) is 36.7. The maximum atomic E-state index is 13.5. The number of nitrogens with one attached hydrogen (secondary N) is 10. The van der Waals surface area contributed by atoms with Crippen LogP contribution in [-0.2, 0) is 51.9 Å². The fourth-order valence-corrected chi connectivity index (χ4v) is 8.33. The Morgan fingerprint density at radius 1 is 0.405 bits per heavy atom. The van der Waals surface area contributed by atoms with Crippen LogP contribution in [0.4, 0.5) is 34.1 Å². The van der Waals surface area contributed by atoms with Crippen molar-refractivity contribution in [1.29, 1.82) is 10.8 Å². The Balaban J connectivity index is 0.889. The quantitative estimate of drug-likeness (QED) is 0.0391. The number of nitrogens with zero attached hydrogens (tertiary/aromatic N) is 6. The van der Waals surface area contributed by atoms with E-state index in [2.05, 4.69) is 42.5 Å². The van der Waals surface area contributed by atoms with Gasteiger partial charge in [-0.25, -0.2) is 0 Å². The lowest BCUT2D eigenvalue weighted by atomic mass is 9.72. The van der Waals surface area contributed by atoms with Crippen molar-refractivity contribution in [2.24, 2.45) is 65.6 Å². The van der Waals surface area contributed by atoms with Crippen LogP contribution in [0.2, 0.25) is 0 Å². The van der Waals surface area contributed by atoms with E-state index < -0.39 is 59.1 Å². The second-order valence-electron chi connectivity index (χ2n) is 18.0. The summed E-state index contributed by atoms with van der Waals surface area (Å²) in [4.78, 5) is 106. The van der Waals surface area contributed by atoms with Crippen LogP contribution in [-0.4, -0.2) is 99.4 Å². The molecule has 0 bridgehead atoms. The predicted molar refractivity (Wildman–Crippen MR) is 275 cm³/mol. The van der Waals surface area contributed by atoms with Gasteiger partial charge < -0.3 is 81.4 Å². The minimum absolute atomic E-state index is 0.0532. The van der Waals surface area contributed by atoms with Gasteiger partial charge in [-0.2, -0.15) is 0 Å². The van der Waals surface area contributed by atoms with E-state index in [0.29, 0.717) is 47.0 Å². The Morgan fingerprint density at radius 2 is 0.622 bits per heavy atom. The molecule has 26 nitrogen and oxygen atoms in total. The number of hydrogen-bond acceptors (Lipinski definition) is 10. The third-order valence-corrected chi connectivity index (χ3v) is 12.3. The molecular weight excluding hydrogens is 957 g/mol. The first-order valence-corrected chi connectivity index (χ1v) is 23.1. The lowest BCUT2D eigenvalue weighted by Gasteiger charge is -2.33. The van der Waals surface area contributed by atoms with E-state index in [1.165, 1.54) is 54.7 Å². The van der Waals surface area contributed by atoms with Crippen LogP contribution in [0, 0.1) is 22.7 Å². The van der Waals surface area contributed by atoms with E-state index >= 15 is 0 Å². The third kappa shape index (κ3) is 12.1. The summed E-state index contributed by atoms with van der Waals surface area (Å²) in [5.74, 6) is -5.08. The Labute approximate surface area is 423 Å². The normalized spacial score (nSPS) is 13.8. The van der Waals surface area contributed by atoms with Gasteiger partial charge in [0.1, 0.15) is 34.2 Å². The van der Waals surface area contributed by atoms with Crippen LogP contribution in [0.15, 0.2) is 73.6 Å². The molecule has 74 heavy (non-hydrogen) atoms. The van der Waals surface area contributed by atoms with Gasteiger partial charge in [-0.15, -0.1) is 0 Å². The first kappa shape index (κ1) is 52.2. The van der Waals surface area contributed by atoms with Crippen LogP contribution >= 0.6 is 0 Å². The summed E-state index contributed by atoms with van der Waals surface area (Å²) in [6, 6.07) is 8.99. The zero-order chi connectivity index (χ0) is 53.7. The van der Waals surface area contributed by atoms with Crippen LogP contribution in [0.1, 0.15) is 88.6 Å². The van der Waals surface area contributed by atoms with E-state index in [-0.39, 0.29) is 71.8 Å².